The lowest BCUT2D eigenvalue weighted by Gasteiger charge is -2.36. The summed E-state index contributed by atoms with van der Waals surface area (Å²) in [6.45, 7) is 8.40. The van der Waals surface area contributed by atoms with Crippen molar-refractivity contribution in [3.8, 4) is 0 Å². The number of aryl methyl sites for hydroxylation is 1. The molecule has 0 N–H and O–H groups in total. The first kappa shape index (κ1) is 22.0. The van der Waals surface area contributed by atoms with Crippen LogP contribution in [0.5, 0.6) is 0 Å². The highest BCUT2D eigenvalue weighted by Crippen LogP contribution is 2.26. The minimum Gasteiger partial charge on any atom is -0.377 e. The molecular weight excluding hydrogens is 406 g/mol. The molecule has 1 aromatic heterocycles. The van der Waals surface area contributed by atoms with Crippen LogP contribution in [0.4, 0.5) is 0 Å². The molecule has 8 nitrogen and oxygen atoms in total. The smallest absolute Gasteiger partial charge is 0.253 e. The third kappa shape index (κ3) is 5.07. The van der Waals surface area contributed by atoms with E-state index in [2.05, 4.69) is 9.80 Å². The van der Waals surface area contributed by atoms with Gasteiger partial charge in [-0.25, -0.2) is 4.98 Å². The largest absolute Gasteiger partial charge is 0.377 e. The van der Waals surface area contributed by atoms with Crippen molar-refractivity contribution in [1.29, 1.82) is 0 Å². The molecule has 5 heterocycles. The summed E-state index contributed by atoms with van der Waals surface area (Å²) in [6.07, 6.45) is 7.94. The zero-order valence-corrected chi connectivity index (χ0v) is 19.2. The molecule has 0 radical (unpaired) electrons. The molecule has 3 saturated heterocycles. The summed E-state index contributed by atoms with van der Waals surface area (Å²) in [4.78, 5) is 37.1. The van der Waals surface area contributed by atoms with Crippen molar-refractivity contribution < 1.29 is 9.53 Å². The summed E-state index contributed by atoms with van der Waals surface area (Å²) in [6, 6.07) is 1.75. The van der Waals surface area contributed by atoms with Crippen LogP contribution in [0.15, 0.2) is 10.9 Å². The van der Waals surface area contributed by atoms with Crippen molar-refractivity contribution in [3.05, 3.63) is 27.9 Å². The molecule has 0 saturated carbocycles. The van der Waals surface area contributed by atoms with Gasteiger partial charge in [0.25, 0.3) is 5.56 Å². The second-order valence-corrected chi connectivity index (χ2v) is 9.93. The molecular formula is C24H37N5O3. The molecule has 0 bridgehead atoms. The number of carbonyl (C=O) groups excluding carboxylic acids is 1. The predicted molar refractivity (Wildman–Crippen MR) is 122 cm³/mol. The first-order chi connectivity index (χ1) is 15.7. The maximum absolute atomic E-state index is 12.9. The molecule has 0 spiro atoms. The number of piperazine rings is 1. The van der Waals surface area contributed by atoms with Gasteiger partial charge in [0, 0.05) is 70.8 Å². The van der Waals surface area contributed by atoms with Crippen LogP contribution in [-0.4, -0.2) is 95.2 Å². The van der Waals surface area contributed by atoms with Crippen molar-refractivity contribution >= 4 is 5.91 Å². The zero-order valence-electron chi connectivity index (χ0n) is 19.2. The Morgan fingerprint density at radius 3 is 2.69 bits per heavy atom. The van der Waals surface area contributed by atoms with Gasteiger partial charge in [0.15, 0.2) is 0 Å². The molecule has 1 aromatic rings. The number of hydrogen-bond donors (Lipinski definition) is 0. The van der Waals surface area contributed by atoms with E-state index in [-0.39, 0.29) is 17.4 Å². The minimum absolute atomic E-state index is 0.0994. The first-order valence-electron chi connectivity index (χ1n) is 12.6. The number of nitrogens with zero attached hydrogens (tertiary/aromatic N) is 5. The highest BCUT2D eigenvalue weighted by atomic mass is 16.5. The quantitative estimate of drug-likeness (QED) is 0.678. The number of aromatic nitrogens is 2. The predicted octanol–water partition coefficient (Wildman–Crippen LogP) is 1.08. The topological polar surface area (TPSA) is 70.9 Å². The van der Waals surface area contributed by atoms with E-state index >= 15 is 0 Å². The molecule has 2 unspecified atom stereocenters. The van der Waals surface area contributed by atoms with E-state index in [1.165, 1.54) is 19.3 Å². The summed E-state index contributed by atoms with van der Waals surface area (Å²) in [7, 11) is 0. The maximum Gasteiger partial charge on any atom is 0.253 e. The Hall–Kier alpha value is -1.77. The highest BCUT2D eigenvalue weighted by Gasteiger charge is 2.30. The summed E-state index contributed by atoms with van der Waals surface area (Å²) in [5, 5.41) is 0. The second kappa shape index (κ2) is 10.0. The van der Waals surface area contributed by atoms with E-state index in [9.17, 15) is 9.59 Å². The summed E-state index contributed by atoms with van der Waals surface area (Å²) in [5.74, 6) is 1.45. The molecule has 4 aliphatic rings. The summed E-state index contributed by atoms with van der Waals surface area (Å²) < 4.78 is 7.62. The van der Waals surface area contributed by atoms with Gasteiger partial charge in [-0.1, -0.05) is 6.42 Å². The van der Waals surface area contributed by atoms with Gasteiger partial charge in [-0.15, -0.1) is 0 Å². The number of ether oxygens (including phenoxy) is 1. The second-order valence-electron chi connectivity index (χ2n) is 9.93. The van der Waals surface area contributed by atoms with Crippen molar-refractivity contribution in [1.82, 2.24) is 24.3 Å². The number of rotatable bonds is 5. The highest BCUT2D eigenvalue weighted by molar-refractivity contribution is 5.78. The van der Waals surface area contributed by atoms with Gasteiger partial charge in [0.05, 0.1) is 18.3 Å². The number of likely N-dealkylation sites (tertiary alicyclic amines) is 1. The third-order valence-electron chi connectivity index (χ3n) is 7.65. The van der Waals surface area contributed by atoms with Crippen LogP contribution in [0.3, 0.4) is 0 Å². The molecule has 2 atom stereocenters. The van der Waals surface area contributed by atoms with Gasteiger partial charge in [0.1, 0.15) is 5.82 Å². The lowest BCUT2D eigenvalue weighted by molar-refractivity contribution is -0.134. The Bertz CT molecular complexity index is 858. The number of carbonyl (C=O) groups is 1. The van der Waals surface area contributed by atoms with Crippen LogP contribution in [0.25, 0.3) is 0 Å². The zero-order chi connectivity index (χ0) is 21.9. The fourth-order valence-electron chi connectivity index (χ4n) is 5.71. The summed E-state index contributed by atoms with van der Waals surface area (Å²) >= 11 is 0. The van der Waals surface area contributed by atoms with Gasteiger partial charge >= 0.3 is 0 Å². The monoisotopic (exact) mass is 443 g/mol. The molecule has 3 fully saturated rings. The Morgan fingerprint density at radius 1 is 1.00 bits per heavy atom. The molecule has 8 heteroatoms. The van der Waals surface area contributed by atoms with E-state index in [0.29, 0.717) is 12.6 Å². The first-order valence-corrected chi connectivity index (χ1v) is 12.6. The number of hydrogen-bond acceptors (Lipinski definition) is 6. The fourth-order valence-corrected chi connectivity index (χ4v) is 5.71. The van der Waals surface area contributed by atoms with Crippen molar-refractivity contribution in [2.24, 2.45) is 0 Å². The molecule has 32 heavy (non-hydrogen) atoms. The molecule has 176 valence electrons. The summed E-state index contributed by atoms with van der Waals surface area (Å²) in [5.41, 5.74) is 1.03. The number of amides is 1. The Labute approximate surface area is 190 Å². The molecule has 0 aliphatic carbocycles. The van der Waals surface area contributed by atoms with Crippen LogP contribution >= 0.6 is 0 Å². The SMILES string of the molecule is O=C(CN1CCC(c2cc(=O)n3c(n2)CCCCC3)C1)N1CCN(CC2CCCO2)CC1. The van der Waals surface area contributed by atoms with Crippen LogP contribution in [0.1, 0.15) is 56.0 Å². The Balaban J connectivity index is 1.11. The van der Waals surface area contributed by atoms with E-state index in [1.807, 2.05) is 9.47 Å². The number of fused-ring (bicyclic) bond motifs is 1. The lowest BCUT2D eigenvalue weighted by Crippen LogP contribution is -2.52. The van der Waals surface area contributed by atoms with E-state index in [1.54, 1.807) is 6.07 Å². The van der Waals surface area contributed by atoms with Gasteiger partial charge in [-0.2, -0.15) is 0 Å². The Morgan fingerprint density at radius 2 is 1.88 bits per heavy atom. The van der Waals surface area contributed by atoms with Crippen molar-refractivity contribution in [2.75, 3.05) is 59.0 Å². The van der Waals surface area contributed by atoms with Gasteiger partial charge < -0.3 is 9.64 Å². The normalized spacial score (nSPS) is 27.4. The fraction of sp³-hybridized carbons (Fsp3) is 0.792. The van der Waals surface area contributed by atoms with Gasteiger partial charge in [-0.3, -0.25) is 24.0 Å². The van der Waals surface area contributed by atoms with Crippen LogP contribution < -0.4 is 5.56 Å². The minimum atomic E-state index is 0.0994. The lowest BCUT2D eigenvalue weighted by atomic mass is 10.0. The molecule has 4 aliphatic heterocycles. The average molecular weight is 444 g/mol. The van der Waals surface area contributed by atoms with Crippen LogP contribution in [-0.2, 0) is 22.5 Å². The van der Waals surface area contributed by atoms with Crippen LogP contribution in [0.2, 0.25) is 0 Å². The van der Waals surface area contributed by atoms with Gasteiger partial charge in [-0.05, 0) is 38.6 Å². The standard InChI is InChI=1S/C24H37N5O3/c30-23-15-21(25-22-6-2-1-3-8-29(22)23)19-7-9-27(16-19)18-24(31)28-12-10-26(11-13-28)17-20-5-4-14-32-20/h15,19-20H,1-14,16-18H2. The molecule has 1 amide bonds. The third-order valence-corrected chi connectivity index (χ3v) is 7.65. The maximum atomic E-state index is 12.9. The van der Waals surface area contributed by atoms with E-state index in [4.69, 9.17) is 9.72 Å². The molecule has 0 aromatic carbocycles. The van der Waals surface area contributed by atoms with Crippen LogP contribution in [0, 0.1) is 0 Å². The van der Waals surface area contributed by atoms with Crippen molar-refractivity contribution in [2.45, 2.75) is 63.5 Å². The van der Waals surface area contributed by atoms with E-state index < -0.39 is 0 Å². The molecule has 5 rings (SSSR count). The van der Waals surface area contributed by atoms with E-state index in [0.717, 1.165) is 96.2 Å². The Kier molecular flexibility index (Phi) is 6.90. The average Bonchev–Trinajstić information content (AvgIpc) is 3.42. The van der Waals surface area contributed by atoms with Crippen molar-refractivity contribution in [3.63, 3.8) is 0 Å². The van der Waals surface area contributed by atoms with Gasteiger partial charge in [0.2, 0.25) is 5.91 Å².